The van der Waals surface area contributed by atoms with E-state index in [1.807, 2.05) is 36.4 Å². The van der Waals surface area contributed by atoms with Crippen LogP contribution in [-0.2, 0) is 18.7 Å². The molecule has 2 aromatic carbocycles. The zero-order valence-corrected chi connectivity index (χ0v) is 23.7. The van der Waals surface area contributed by atoms with Gasteiger partial charge in [-0.2, -0.15) is 8.42 Å². The molecule has 10 heteroatoms. The van der Waals surface area contributed by atoms with Crippen LogP contribution in [-0.4, -0.2) is 45.5 Å². The smallest absolute Gasteiger partial charge is 0.328 e. The van der Waals surface area contributed by atoms with Gasteiger partial charge in [0.15, 0.2) is 0 Å². The van der Waals surface area contributed by atoms with E-state index in [9.17, 15) is 18.0 Å². The summed E-state index contributed by atoms with van der Waals surface area (Å²) in [4.78, 5) is 26.9. The van der Waals surface area contributed by atoms with Crippen molar-refractivity contribution in [2.24, 2.45) is 11.3 Å². The van der Waals surface area contributed by atoms with Gasteiger partial charge in [-0.1, -0.05) is 81.4 Å². The molecule has 8 nitrogen and oxygen atoms in total. The summed E-state index contributed by atoms with van der Waals surface area (Å²) in [6.07, 6.45) is 1.78. The first-order valence-electron chi connectivity index (χ1n) is 12.3. The van der Waals surface area contributed by atoms with Gasteiger partial charge in [-0.05, 0) is 29.1 Å². The molecule has 4 atom stereocenters. The van der Waals surface area contributed by atoms with E-state index in [1.54, 1.807) is 6.92 Å². The SMILES string of the molecule is Cc1cn(C2CC(C(O[SiH](c3ccccc3)c3ccccc3)C(C)(C)C)C2OS(C)(=O)=O)c(=O)[nH]c1=O. The molecule has 4 unspecified atom stereocenters. The van der Waals surface area contributed by atoms with Crippen molar-refractivity contribution < 1.29 is 17.0 Å². The molecule has 0 bridgehead atoms. The summed E-state index contributed by atoms with van der Waals surface area (Å²) in [7, 11) is -6.00. The normalized spacial score (nSPS) is 21.0. The Bertz CT molecular complexity index is 1410. The van der Waals surface area contributed by atoms with Crippen LogP contribution in [0.25, 0.3) is 0 Å². The maximum absolute atomic E-state index is 12.6. The number of hydrogen-bond acceptors (Lipinski definition) is 6. The lowest BCUT2D eigenvalue weighted by molar-refractivity contribution is -0.0989. The minimum absolute atomic E-state index is 0.290. The Morgan fingerprint density at radius 3 is 2.03 bits per heavy atom. The quantitative estimate of drug-likeness (QED) is 0.343. The van der Waals surface area contributed by atoms with Gasteiger partial charge < -0.3 is 4.43 Å². The maximum Gasteiger partial charge on any atom is 0.328 e. The summed E-state index contributed by atoms with van der Waals surface area (Å²) in [6, 6.07) is 19.6. The number of aromatic nitrogens is 2. The molecule has 1 fully saturated rings. The van der Waals surface area contributed by atoms with Crippen molar-refractivity contribution in [3.8, 4) is 0 Å². The second kappa shape index (κ2) is 10.5. The largest absolute Gasteiger partial charge is 0.407 e. The zero-order valence-electron chi connectivity index (χ0n) is 21.7. The number of rotatable bonds is 8. The molecule has 0 radical (unpaired) electrons. The Kier molecular flexibility index (Phi) is 7.75. The Labute approximate surface area is 219 Å². The predicted molar refractivity (Wildman–Crippen MR) is 147 cm³/mol. The molecular formula is C27H34N2O6SSi. The van der Waals surface area contributed by atoms with Crippen molar-refractivity contribution in [2.45, 2.75) is 52.4 Å². The van der Waals surface area contributed by atoms with E-state index in [-0.39, 0.29) is 17.4 Å². The van der Waals surface area contributed by atoms with Crippen LogP contribution in [0.2, 0.25) is 0 Å². The summed E-state index contributed by atoms with van der Waals surface area (Å²) in [5.41, 5.74) is -1.04. The lowest BCUT2D eigenvalue weighted by Gasteiger charge is -2.51. The molecule has 1 aliphatic rings. The van der Waals surface area contributed by atoms with Gasteiger partial charge in [0.05, 0.1) is 18.4 Å². The molecule has 0 aliphatic heterocycles. The van der Waals surface area contributed by atoms with Crippen molar-refractivity contribution in [1.82, 2.24) is 9.55 Å². The molecule has 1 N–H and O–H groups in total. The molecule has 0 spiro atoms. The third-order valence-electron chi connectivity index (χ3n) is 6.83. The summed E-state index contributed by atoms with van der Waals surface area (Å²) < 4.78 is 38.6. The van der Waals surface area contributed by atoms with Crippen molar-refractivity contribution >= 4 is 29.5 Å². The van der Waals surface area contributed by atoms with E-state index in [0.717, 1.165) is 16.6 Å². The highest BCUT2D eigenvalue weighted by Gasteiger charge is 2.53. The minimum atomic E-state index is -3.83. The van der Waals surface area contributed by atoms with Crippen molar-refractivity contribution in [1.29, 1.82) is 0 Å². The predicted octanol–water partition coefficient (Wildman–Crippen LogP) is 1.72. The Hall–Kier alpha value is -2.79. The van der Waals surface area contributed by atoms with Crippen LogP contribution in [0.3, 0.4) is 0 Å². The number of nitrogens with zero attached hydrogens (tertiary/aromatic N) is 1. The standard InChI is InChI=1S/C27H34N2O6SSi/c1-18-17-29(26(31)28-25(18)30)22-16-21(23(22)34-36(5,32)33)24(27(2,3)4)35-37(19-12-8-6-9-13-19)20-14-10-7-11-15-20/h6-15,17,21-24,37H,16H2,1-5H3,(H,28,30,31). The Morgan fingerprint density at radius 1 is 1.00 bits per heavy atom. The third-order valence-corrected chi connectivity index (χ3v) is 9.95. The van der Waals surface area contributed by atoms with Gasteiger partial charge in [-0.15, -0.1) is 0 Å². The van der Waals surface area contributed by atoms with Gasteiger partial charge >= 0.3 is 5.69 Å². The molecule has 0 amide bonds. The number of hydrogen-bond donors (Lipinski definition) is 1. The highest BCUT2D eigenvalue weighted by atomic mass is 32.2. The fourth-order valence-electron chi connectivity index (χ4n) is 5.07. The van der Waals surface area contributed by atoms with E-state index >= 15 is 0 Å². The van der Waals surface area contributed by atoms with Crippen LogP contribution >= 0.6 is 0 Å². The second-order valence-corrected chi connectivity index (χ2v) is 14.8. The van der Waals surface area contributed by atoms with Crippen molar-refractivity contribution in [3.63, 3.8) is 0 Å². The van der Waals surface area contributed by atoms with Gasteiger partial charge in [0.25, 0.3) is 15.7 Å². The van der Waals surface area contributed by atoms with Crippen LogP contribution in [0.4, 0.5) is 0 Å². The second-order valence-electron chi connectivity index (χ2n) is 10.8. The van der Waals surface area contributed by atoms with E-state index in [2.05, 4.69) is 50.0 Å². The lowest BCUT2D eigenvalue weighted by Crippen LogP contribution is -2.60. The van der Waals surface area contributed by atoms with E-state index in [0.29, 0.717) is 12.0 Å². The van der Waals surface area contributed by atoms with E-state index in [4.69, 9.17) is 8.61 Å². The summed E-state index contributed by atoms with van der Waals surface area (Å²) in [5, 5.41) is 2.23. The molecule has 1 aliphatic carbocycles. The van der Waals surface area contributed by atoms with E-state index in [1.165, 1.54) is 10.8 Å². The zero-order chi connectivity index (χ0) is 27.0. The molecule has 3 aromatic rings. The van der Waals surface area contributed by atoms with Crippen LogP contribution in [0.1, 0.15) is 38.8 Å². The molecule has 4 rings (SSSR count). The molecule has 1 saturated carbocycles. The van der Waals surface area contributed by atoms with Crippen LogP contribution in [0.5, 0.6) is 0 Å². The molecular weight excluding hydrogens is 508 g/mol. The average Bonchev–Trinajstić information content (AvgIpc) is 2.82. The topological polar surface area (TPSA) is 107 Å². The molecule has 198 valence electrons. The highest BCUT2D eigenvalue weighted by Crippen LogP contribution is 2.47. The number of nitrogens with one attached hydrogen (secondary N) is 1. The van der Waals surface area contributed by atoms with E-state index < -0.39 is 42.6 Å². The molecule has 0 saturated heterocycles. The maximum atomic E-state index is 12.6. The summed E-state index contributed by atoms with van der Waals surface area (Å²) >= 11 is 0. The van der Waals surface area contributed by atoms with Gasteiger partial charge in [-0.25, -0.2) is 4.79 Å². The Balaban J connectivity index is 1.74. The van der Waals surface area contributed by atoms with Crippen LogP contribution in [0, 0.1) is 18.3 Å². The number of benzene rings is 2. The van der Waals surface area contributed by atoms with Gasteiger partial charge in [0.2, 0.25) is 9.04 Å². The first-order chi connectivity index (χ1) is 17.3. The van der Waals surface area contributed by atoms with Gasteiger partial charge in [0, 0.05) is 17.7 Å². The van der Waals surface area contributed by atoms with Gasteiger partial charge in [-0.3, -0.25) is 18.5 Å². The number of H-pyrrole nitrogens is 1. The first kappa shape index (κ1) is 27.2. The van der Waals surface area contributed by atoms with Crippen LogP contribution in [0.15, 0.2) is 76.4 Å². The average molecular weight is 543 g/mol. The monoisotopic (exact) mass is 542 g/mol. The molecule has 1 heterocycles. The van der Waals surface area contributed by atoms with Crippen molar-refractivity contribution in [2.75, 3.05) is 6.26 Å². The fourth-order valence-corrected chi connectivity index (χ4v) is 8.49. The fraction of sp³-hybridized carbons (Fsp3) is 0.407. The van der Waals surface area contributed by atoms with Crippen LogP contribution < -0.4 is 21.6 Å². The highest BCUT2D eigenvalue weighted by molar-refractivity contribution is 7.86. The summed E-state index contributed by atoms with van der Waals surface area (Å²) in [6.45, 7) is 7.81. The van der Waals surface area contributed by atoms with Crippen molar-refractivity contribution in [3.05, 3.63) is 93.3 Å². The first-order valence-corrected chi connectivity index (χ1v) is 15.7. The summed E-state index contributed by atoms with van der Waals surface area (Å²) in [5.74, 6) is -0.290. The third kappa shape index (κ3) is 6.20. The Morgan fingerprint density at radius 2 is 1.54 bits per heavy atom. The molecule has 37 heavy (non-hydrogen) atoms. The van der Waals surface area contributed by atoms with Gasteiger partial charge in [0.1, 0.15) is 6.10 Å². The molecule has 1 aromatic heterocycles. The minimum Gasteiger partial charge on any atom is -0.407 e. The number of aryl methyl sites for hydroxylation is 1. The lowest BCUT2D eigenvalue weighted by atomic mass is 9.67. The number of aromatic amines is 1.